The molecule has 7 heteroatoms. The highest BCUT2D eigenvalue weighted by Gasteiger charge is 2.31. The molecule has 3 rings (SSSR count). The van der Waals surface area contributed by atoms with Crippen molar-refractivity contribution in [2.24, 2.45) is 0 Å². The molecule has 0 heterocycles. The predicted molar refractivity (Wildman–Crippen MR) is 99.1 cm³/mol. The first-order valence-corrected chi connectivity index (χ1v) is 8.39. The van der Waals surface area contributed by atoms with Crippen molar-refractivity contribution in [1.29, 1.82) is 0 Å². The maximum absolute atomic E-state index is 13.4. The molecular formula is C21H16F4N2O. The Morgan fingerprint density at radius 2 is 1.57 bits per heavy atom. The monoisotopic (exact) mass is 388 g/mol. The van der Waals surface area contributed by atoms with Crippen LogP contribution in [0.5, 0.6) is 0 Å². The third kappa shape index (κ3) is 4.88. The van der Waals surface area contributed by atoms with E-state index in [4.69, 9.17) is 0 Å². The number of carbonyl (C=O) groups excluding carboxylic acids is 1. The number of urea groups is 1. The van der Waals surface area contributed by atoms with Crippen LogP contribution < -0.4 is 10.6 Å². The summed E-state index contributed by atoms with van der Waals surface area (Å²) >= 11 is 0. The van der Waals surface area contributed by atoms with E-state index < -0.39 is 23.6 Å². The van der Waals surface area contributed by atoms with Crippen LogP contribution in [0, 0.1) is 5.82 Å². The molecule has 2 N–H and O–H groups in total. The number of hydrogen-bond acceptors (Lipinski definition) is 1. The van der Waals surface area contributed by atoms with E-state index in [0.717, 1.165) is 23.3 Å². The number of carbonyl (C=O) groups is 1. The molecule has 0 spiro atoms. The molecule has 0 radical (unpaired) electrons. The first kappa shape index (κ1) is 19.4. The molecule has 0 bridgehead atoms. The quantitative estimate of drug-likeness (QED) is 0.542. The molecule has 144 valence electrons. The highest BCUT2D eigenvalue weighted by Crippen LogP contribution is 2.30. The zero-order valence-electron chi connectivity index (χ0n) is 14.6. The van der Waals surface area contributed by atoms with Crippen LogP contribution in [-0.4, -0.2) is 6.03 Å². The van der Waals surface area contributed by atoms with Crippen LogP contribution in [0.25, 0.3) is 11.1 Å². The van der Waals surface area contributed by atoms with Crippen molar-refractivity contribution in [3.63, 3.8) is 0 Å². The largest absolute Gasteiger partial charge is 0.416 e. The smallest absolute Gasteiger partial charge is 0.334 e. The molecule has 28 heavy (non-hydrogen) atoms. The van der Waals surface area contributed by atoms with Gasteiger partial charge in [0.1, 0.15) is 5.82 Å². The lowest BCUT2D eigenvalue weighted by Gasteiger charge is -2.13. The molecule has 3 aromatic rings. The van der Waals surface area contributed by atoms with Gasteiger partial charge < -0.3 is 10.6 Å². The Morgan fingerprint density at radius 1 is 0.893 bits per heavy atom. The van der Waals surface area contributed by atoms with Gasteiger partial charge in [-0.3, -0.25) is 0 Å². The van der Waals surface area contributed by atoms with Gasteiger partial charge in [-0.25, -0.2) is 9.18 Å². The first-order chi connectivity index (χ1) is 13.3. The lowest BCUT2D eigenvalue weighted by atomic mass is 10.0. The molecule has 0 saturated heterocycles. The van der Waals surface area contributed by atoms with E-state index >= 15 is 0 Å². The molecule has 0 aliphatic rings. The molecule has 2 amide bonds. The molecular weight excluding hydrogens is 372 g/mol. The number of halogens is 4. The lowest BCUT2D eigenvalue weighted by Crippen LogP contribution is -2.28. The SMILES string of the molecule is O=C(NCc1cc(F)cc(C(F)(F)F)c1)Nc1ccccc1-c1ccccc1. The molecule has 0 saturated carbocycles. The second-order valence-electron chi connectivity index (χ2n) is 6.07. The summed E-state index contributed by atoms with van der Waals surface area (Å²) in [6.07, 6.45) is -4.66. The number of anilines is 1. The van der Waals surface area contributed by atoms with Crippen LogP contribution in [0.15, 0.2) is 72.8 Å². The third-order valence-electron chi connectivity index (χ3n) is 4.00. The highest BCUT2D eigenvalue weighted by atomic mass is 19.4. The molecule has 0 atom stereocenters. The summed E-state index contributed by atoms with van der Waals surface area (Å²) in [5.74, 6) is -1.01. The minimum absolute atomic E-state index is 0.0128. The minimum atomic E-state index is -4.66. The van der Waals surface area contributed by atoms with E-state index in [1.165, 1.54) is 0 Å². The number of benzene rings is 3. The number of alkyl halides is 3. The van der Waals surface area contributed by atoms with Gasteiger partial charge in [-0.2, -0.15) is 13.2 Å². The second-order valence-corrected chi connectivity index (χ2v) is 6.07. The van der Waals surface area contributed by atoms with Crippen molar-refractivity contribution in [3.8, 4) is 11.1 Å². The molecule has 0 aliphatic carbocycles. The Balaban J connectivity index is 1.70. The number of rotatable bonds is 4. The average molecular weight is 388 g/mol. The minimum Gasteiger partial charge on any atom is -0.334 e. The van der Waals surface area contributed by atoms with E-state index in [-0.39, 0.29) is 12.1 Å². The molecule has 0 fully saturated rings. The Hall–Kier alpha value is -3.35. The topological polar surface area (TPSA) is 41.1 Å². The summed E-state index contributed by atoms with van der Waals surface area (Å²) in [5.41, 5.74) is 1.15. The van der Waals surface area contributed by atoms with Gasteiger partial charge in [0.25, 0.3) is 0 Å². The standard InChI is InChI=1S/C21H16F4N2O/c22-17-11-14(10-16(12-17)21(23,24)25)13-26-20(28)27-19-9-5-4-8-18(19)15-6-2-1-3-7-15/h1-12H,13H2,(H2,26,27,28). The van der Waals surface area contributed by atoms with E-state index in [1.54, 1.807) is 12.1 Å². The Bertz CT molecular complexity index is 972. The highest BCUT2D eigenvalue weighted by molar-refractivity contribution is 5.94. The zero-order valence-corrected chi connectivity index (χ0v) is 14.6. The molecule has 3 aromatic carbocycles. The molecule has 0 aromatic heterocycles. The summed E-state index contributed by atoms with van der Waals surface area (Å²) < 4.78 is 51.8. The summed E-state index contributed by atoms with van der Waals surface area (Å²) in [6, 6.07) is 18.1. The van der Waals surface area contributed by atoms with Gasteiger partial charge in [0.2, 0.25) is 0 Å². The van der Waals surface area contributed by atoms with Crippen LogP contribution in [0.2, 0.25) is 0 Å². The van der Waals surface area contributed by atoms with Crippen molar-refractivity contribution in [3.05, 3.63) is 89.7 Å². The summed E-state index contributed by atoms with van der Waals surface area (Å²) in [4.78, 5) is 12.2. The predicted octanol–water partition coefficient (Wildman–Crippen LogP) is 5.83. The van der Waals surface area contributed by atoms with E-state index in [1.807, 2.05) is 42.5 Å². The van der Waals surface area contributed by atoms with Crippen LogP contribution in [0.3, 0.4) is 0 Å². The van der Waals surface area contributed by atoms with Crippen molar-refractivity contribution < 1.29 is 22.4 Å². The third-order valence-corrected chi connectivity index (χ3v) is 4.00. The van der Waals surface area contributed by atoms with Gasteiger partial charge in [-0.05, 0) is 35.4 Å². The van der Waals surface area contributed by atoms with Crippen molar-refractivity contribution in [2.45, 2.75) is 12.7 Å². The number of amides is 2. The lowest BCUT2D eigenvalue weighted by molar-refractivity contribution is -0.137. The van der Waals surface area contributed by atoms with E-state index in [2.05, 4.69) is 10.6 Å². The van der Waals surface area contributed by atoms with Crippen molar-refractivity contribution >= 4 is 11.7 Å². The number of hydrogen-bond donors (Lipinski definition) is 2. The summed E-state index contributed by atoms with van der Waals surface area (Å²) in [5, 5.41) is 5.12. The Labute approximate surface area is 159 Å². The van der Waals surface area contributed by atoms with Gasteiger partial charge >= 0.3 is 12.2 Å². The summed E-state index contributed by atoms with van der Waals surface area (Å²) in [6.45, 7) is -0.250. The average Bonchev–Trinajstić information content (AvgIpc) is 2.66. The van der Waals surface area contributed by atoms with Crippen LogP contribution >= 0.6 is 0 Å². The normalized spacial score (nSPS) is 11.1. The van der Waals surface area contributed by atoms with Crippen LogP contribution in [0.4, 0.5) is 28.0 Å². The van der Waals surface area contributed by atoms with Gasteiger partial charge in [-0.1, -0.05) is 48.5 Å². The van der Waals surface area contributed by atoms with Crippen LogP contribution in [-0.2, 0) is 12.7 Å². The fraction of sp³-hybridized carbons (Fsp3) is 0.0952. The molecule has 0 unspecified atom stereocenters. The molecule has 0 aliphatic heterocycles. The van der Waals surface area contributed by atoms with Gasteiger partial charge in [0, 0.05) is 12.1 Å². The second kappa shape index (κ2) is 8.12. The van der Waals surface area contributed by atoms with Crippen LogP contribution in [0.1, 0.15) is 11.1 Å². The Morgan fingerprint density at radius 3 is 2.29 bits per heavy atom. The zero-order chi connectivity index (χ0) is 20.1. The van der Waals surface area contributed by atoms with Crippen molar-refractivity contribution in [2.75, 3.05) is 5.32 Å². The fourth-order valence-corrected chi connectivity index (χ4v) is 2.73. The van der Waals surface area contributed by atoms with Gasteiger partial charge in [-0.15, -0.1) is 0 Å². The molecule has 3 nitrogen and oxygen atoms in total. The Kier molecular flexibility index (Phi) is 5.63. The van der Waals surface area contributed by atoms with E-state index in [9.17, 15) is 22.4 Å². The van der Waals surface area contributed by atoms with Gasteiger partial charge in [0.15, 0.2) is 0 Å². The summed E-state index contributed by atoms with van der Waals surface area (Å²) in [7, 11) is 0. The number of para-hydroxylation sites is 1. The maximum Gasteiger partial charge on any atom is 0.416 e. The van der Waals surface area contributed by atoms with E-state index in [0.29, 0.717) is 11.8 Å². The first-order valence-electron chi connectivity index (χ1n) is 8.39. The fourth-order valence-electron chi connectivity index (χ4n) is 2.73. The van der Waals surface area contributed by atoms with Crippen molar-refractivity contribution in [1.82, 2.24) is 5.32 Å². The maximum atomic E-state index is 13.4. The number of nitrogens with one attached hydrogen (secondary N) is 2. The van der Waals surface area contributed by atoms with Gasteiger partial charge in [0.05, 0.1) is 11.3 Å².